The van der Waals surface area contributed by atoms with E-state index in [0.717, 1.165) is 66.7 Å². The number of amides is 1. The molecule has 44 heavy (non-hydrogen) atoms. The highest BCUT2D eigenvalue weighted by atomic mass is 19.3. The number of halogens is 2. The number of hydrogen-bond donors (Lipinski definition) is 0. The Morgan fingerprint density at radius 3 is 2.57 bits per heavy atom. The van der Waals surface area contributed by atoms with Gasteiger partial charge < -0.3 is 14.5 Å². The monoisotopic (exact) mass is 605 g/mol. The van der Waals surface area contributed by atoms with Gasteiger partial charge in [-0.05, 0) is 108 Å². The van der Waals surface area contributed by atoms with E-state index in [1.165, 1.54) is 31.2 Å². The van der Waals surface area contributed by atoms with Crippen LogP contribution in [0.4, 0.5) is 19.4 Å². The zero-order chi connectivity index (χ0) is 32.1. The van der Waals surface area contributed by atoms with E-state index in [4.69, 9.17) is 14.7 Å². The van der Waals surface area contributed by atoms with Gasteiger partial charge in [-0.25, -0.2) is 23.5 Å². The van der Waals surface area contributed by atoms with E-state index in [-0.39, 0.29) is 6.04 Å². The number of piperazine rings is 1. The molecule has 1 amide bonds. The van der Waals surface area contributed by atoms with E-state index in [9.17, 15) is 18.8 Å². The lowest BCUT2D eigenvalue weighted by molar-refractivity contribution is -0.168. The van der Waals surface area contributed by atoms with Crippen molar-refractivity contribution in [2.45, 2.75) is 104 Å². The number of anilines is 1. The SMILES string of the molecule is C/C=C(\c1c(CCCCC2=C=C(C)C=CC(C#N)=C2)ncnc1N1CCN(C(=O)OC(C)(C)C(F)(F)CC)CC1C)C1CC1. The molecule has 0 aromatic carbocycles. The first kappa shape index (κ1) is 33.1. The molecule has 0 N–H and O–H groups in total. The van der Waals surface area contributed by atoms with Crippen molar-refractivity contribution in [3.8, 4) is 6.07 Å². The molecular formula is C35H45F2N5O2. The molecule has 3 aliphatic rings. The average Bonchev–Trinajstić information content (AvgIpc) is 3.84. The fourth-order valence-corrected chi connectivity index (χ4v) is 5.91. The number of carbonyl (C=O) groups excluding carboxylic acids is 1. The molecule has 0 bridgehead atoms. The van der Waals surface area contributed by atoms with Crippen molar-refractivity contribution >= 4 is 17.5 Å². The summed E-state index contributed by atoms with van der Waals surface area (Å²) in [7, 11) is 0. The predicted octanol–water partition coefficient (Wildman–Crippen LogP) is 7.97. The minimum absolute atomic E-state index is 0.100. The normalized spacial score (nSPS) is 19.6. The lowest BCUT2D eigenvalue weighted by Crippen LogP contribution is -2.56. The molecule has 1 aromatic heterocycles. The van der Waals surface area contributed by atoms with Gasteiger partial charge in [0.15, 0.2) is 5.60 Å². The predicted molar refractivity (Wildman–Crippen MR) is 169 cm³/mol. The molecule has 9 heteroatoms. The summed E-state index contributed by atoms with van der Waals surface area (Å²) in [6, 6.07) is 2.13. The van der Waals surface area contributed by atoms with Gasteiger partial charge in [0.25, 0.3) is 5.92 Å². The fourth-order valence-electron chi connectivity index (χ4n) is 5.91. The number of rotatable bonds is 11. The van der Waals surface area contributed by atoms with E-state index >= 15 is 0 Å². The highest BCUT2D eigenvalue weighted by Crippen LogP contribution is 2.45. The Bertz CT molecular complexity index is 1440. The highest BCUT2D eigenvalue weighted by molar-refractivity contribution is 5.79. The maximum absolute atomic E-state index is 14.4. The number of ether oxygens (including phenoxy) is 1. The molecule has 1 unspecified atom stereocenters. The minimum Gasteiger partial charge on any atom is -0.437 e. The third-order valence-electron chi connectivity index (χ3n) is 8.79. The number of aryl methyl sites for hydroxylation is 1. The molecular weight excluding hydrogens is 560 g/mol. The third kappa shape index (κ3) is 7.65. The number of allylic oxidation sites excluding steroid dienone is 7. The second kappa shape index (κ2) is 13.9. The van der Waals surface area contributed by atoms with Crippen LogP contribution in [0.25, 0.3) is 5.57 Å². The van der Waals surface area contributed by atoms with Crippen molar-refractivity contribution in [1.29, 1.82) is 5.26 Å². The largest absolute Gasteiger partial charge is 0.437 e. The molecule has 1 saturated heterocycles. The number of unbranched alkanes of at least 4 members (excludes halogenated alkanes) is 1. The first-order valence-corrected chi connectivity index (χ1v) is 15.8. The Morgan fingerprint density at radius 1 is 1.20 bits per heavy atom. The summed E-state index contributed by atoms with van der Waals surface area (Å²) in [5.41, 5.74) is 7.56. The summed E-state index contributed by atoms with van der Waals surface area (Å²) >= 11 is 0. The van der Waals surface area contributed by atoms with Gasteiger partial charge in [-0.15, -0.1) is 5.73 Å². The number of aromatic nitrogens is 2. The minimum atomic E-state index is -3.12. The summed E-state index contributed by atoms with van der Waals surface area (Å²) in [5, 5.41) is 9.38. The molecule has 1 atom stereocenters. The van der Waals surface area contributed by atoms with Crippen LogP contribution in [-0.4, -0.2) is 58.2 Å². The molecule has 7 nitrogen and oxygen atoms in total. The number of nitrogens with zero attached hydrogens (tertiary/aromatic N) is 5. The molecule has 2 fully saturated rings. The first-order valence-electron chi connectivity index (χ1n) is 15.8. The maximum Gasteiger partial charge on any atom is 0.410 e. The lowest BCUT2D eigenvalue weighted by atomic mass is 9.95. The second-order valence-electron chi connectivity index (χ2n) is 12.5. The number of hydrogen-bond acceptors (Lipinski definition) is 6. The summed E-state index contributed by atoms with van der Waals surface area (Å²) in [6.07, 6.45) is 14.1. The average molecular weight is 606 g/mol. The Kier molecular flexibility index (Phi) is 10.5. The van der Waals surface area contributed by atoms with Crippen LogP contribution < -0.4 is 4.90 Å². The molecule has 1 saturated carbocycles. The van der Waals surface area contributed by atoms with Gasteiger partial charge in [0.1, 0.15) is 12.1 Å². The zero-order valence-corrected chi connectivity index (χ0v) is 26.9. The van der Waals surface area contributed by atoms with Crippen LogP contribution in [0.3, 0.4) is 0 Å². The summed E-state index contributed by atoms with van der Waals surface area (Å²) < 4.78 is 34.1. The quantitative estimate of drug-likeness (QED) is 0.188. The van der Waals surface area contributed by atoms with E-state index in [1.807, 2.05) is 32.1 Å². The van der Waals surface area contributed by atoms with Gasteiger partial charge in [-0.1, -0.05) is 19.1 Å². The molecule has 1 aromatic rings. The molecule has 236 valence electrons. The molecule has 2 aliphatic carbocycles. The Balaban J connectivity index is 1.49. The van der Waals surface area contributed by atoms with Gasteiger partial charge in [-0.3, -0.25) is 0 Å². The van der Waals surface area contributed by atoms with Crippen molar-refractivity contribution in [2.75, 3.05) is 24.5 Å². The Morgan fingerprint density at radius 2 is 1.93 bits per heavy atom. The van der Waals surface area contributed by atoms with Crippen molar-refractivity contribution in [2.24, 2.45) is 5.92 Å². The molecule has 2 heterocycles. The molecule has 0 spiro atoms. The van der Waals surface area contributed by atoms with Crippen LogP contribution in [0, 0.1) is 17.2 Å². The second-order valence-corrected chi connectivity index (χ2v) is 12.5. The molecule has 4 rings (SSSR count). The van der Waals surface area contributed by atoms with Crippen LogP contribution in [-0.2, 0) is 11.2 Å². The van der Waals surface area contributed by atoms with E-state index in [0.29, 0.717) is 31.1 Å². The van der Waals surface area contributed by atoms with Gasteiger partial charge in [0.05, 0.1) is 17.3 Å². The number of alkyl halides is 2. The summed E-state index contributed by atoms with van der Waals surface area (Å²) in [6.45, 7) is 11.2. The first-order chi connectivity index (χ1) is 20.9. The van der Waals surface area contributed by atoms with Crippen molar-refractivity contribution < 1.29 is 18.3 Å². The topological polar surface area (TPSA) is 82.4 Å². The van der Waals surface area contributed by atoms with Crippen LogP contribution >= 0.6 is 0 Å². The van der Waals surface area contributed by atoms with Crippen molar-refractivity contribution in [3.05, 3.63) is 64.3 Å². The Labute approximate surface area is 260 Å². The highest BCUT2D eigenvalue weighted by Gasteiger charge is 2.49. The van der Waals surface area contributed by atoms with Crippen LogP contribution in [0.5, 0.6) is 0 Å². The third-order valence-corrected chi connectivity index (χ3v) is 8.79. The zero-order valence-electron chi connectivity index (χ0n) is 26.9. The maximum atomic E-state index is 14.4. The van der Waals surface area contributed by atoms with Gasteiger partial charge in [0.2, 0.25) is 0 Å². The fraction of sp³-hybridized carbons (Fsp3) is 0.571. The van der Waals surface area contributed by atoms with E-state index in [1.54, 1.807) is 6.33 Å². The standard InChI is InChI=1S/C35H45F2N5O2/c1-7-29(28-15-16-28)31-30(12-10-9-11-26-19-24(3)13-14-27(20-26)21-38)39-23-40-32(31)42-18-17-41(22-25(42)4)33(43)44-34(5,6)35(36,37)8-2/h7,13-14,20,23,25,28H,8-12,15-18,22H2,1-6H3/b29-7-. The molecule has 1 aliphatic heterocycles. The number of nitriles is 1. The van der Waals surface area contributed by atoms with Gasteiger partial charge >= 0.3 is 6.09 Å². The van der Waals surface area contributed by atoms with Crippen molar-refractivity contribution in [3.63, 3.8) is 0 Å². The van der Waals surface area contributed by atoms with Crippen molar-refractivity contribution in [1.82, 2.24) is 14.9 Å². The Hall–Kier alpha value is -3.76. The van der Waals surface area contributed by atoms with Crippen LogP contribution in [0.15, 0.2) is 53.1 Å². The van der Waals surface area contributed by atoms with Gasteiger partial charge in [0, 0.05) is 37.7 Å². The number of carbonyl (C=O) groups is 1. The lowest BCUT2D eigenvalue weighted by Gasteiger charge is -2.42. The van der Waals surface area contributed by atoms with E-state index in [2.05, 4.69) is 29.7 Å². The van der Waals surface area contributed by atoms with Crippen LogP contribution in [0.2, 0.25) is 0 Å². The van der Waals surface area contributed by atoms with Crippen LogP contribution in [0.1, 0.15) is 91.3 Å². The smallest absolute Gasteiger partial charge is 0.410 e. The summed E-state index contributed by atoms with van der Waals surface area (Å²) in [5.74, 6) is -1.76. The summed E-state index contributed by atoms with van der Waals surface area (Å²) in [4.78, 5) is 26.2. The van der Waals surface area contributed by atoms with Gasteiger partial charge in [-0.2, -0.15) is 5.26 Å². The molecule has 0 radical (unpaired) electrons. The van der Waals surface area contributed by atoms with E-state index < -0.39 is 24.0 Å².